The zero-order chi connectivity index (χ0) is 17.2. The number of nitrogens with zero attached hydrogens (tertiary/aromatic N) is 2. The molecule has 0 radical (unpaired) electrons. The molecule has 4 heteroatoms. The van der Waals surface area contributed by atoms with E-state index in [1.165, 1.54) is 68.3 Å². The highest BCUT2D eigenvalue weighted by Gasteiger charge is 2.35. The Balaban J connectivity index is 0.00000196. The summed E-state index contributed by atoms with van der Waals surface area (Å²) in [4.78, 5) is 17.7. The summed E-state index contributed by atoms with van der Waals surface area (Å²) in [7, 11) is 2.05. The van der Waals surface area contributed by atoms with Crippen LogP contribution in [0.2, 0.25) is 0 Å². The van der Waals surface area contributed by atoms with Gasteiger partial charge in [-0.3, -0.25) is 9.69 Å². The van der Waals surface area contributed by atoms with Crippen molar-refractivity contribution in [2.24, 2.45) is 0 Å². The molecule has 2 fully saturated rings. The molecule has 0 N–H and O–H groups in total. The Hall–Kier alpha value is -1.32. The number of hydrogen-bond acceptors (Lipinski definition) is 2. The van der Waals surface area contributed by atoms with Crippen molar-refractivity contribution in [3.05, 3.63) is 41.0 Å². The second kappa shape index (κ2) is 8.58. The van der Waals surface area contributed by atoms with Crippen molar-refractivity contribution in [2.75, 3.05) is 20.1 Å². The predicted molar refractivity (Wildman–Crippen MR) is 110 cm³/mol. The van der Waals surface area contributed by atoms with Crippen LogP contribution in [0, 0.1) is 0 Å². The maximum atomic E-state index is 13.0. The van der Waals surface area contributed by atoms with Crippen LogP contribution in [0.3, 0.4) is 0 Å². The minimum Gasteiger partial charge on any atom is -0.341 e. The highest BCUT2D eigenvalue weighted by Crippen LogP contribution is 2.31. The summed E-state index contributed by atoms with van der Waals surface area (Å²) in [6.45, 7) is 2.45. The molecule has 0 aromatic heterocycles. The topological polar surface area (TPSA) is 23.6 Å². The van der Waals surface area contributed by atoms with Crippen LogP contribution in [0.1, 0.15) is 56.1 Å². The summed E-state index contributed by atoms with van der Waals surface area (Å²) in [6, 6.07) is 9.49. The van der Waals surface area contributed by atoms with Gasteiger partial charge in [0.05, 0.1) is 0 Å². The quantitative estimate of drug-likeness (QED) is 0.784. The molecule has 0 unspecified atom stereocenters. The second-order valence-corrected chi connectivity index (χ2v) is 8.02. The van der Waals surface area contributed by atoms with Crippen molar-refractivity contribution in [3.8, 4) is 0 Å². The number of carbonyl (C=O) groups is 1. The Morgan fingerprint density at radius 3 is 2.62 bits per heavy atom. The lowest BCUT2D eigenvalue weighted by atomic mass is 9.88. The summed E-state index contributed by atoms with van der Waals surface area (Å²) in [5.41, 5.74) is 3.92. The number of benzene rings is 1. The summed E-state index contributed by atoms with van der Waals surface area (Å²) in [5.74, 6) is 0.301. The van der Waals surface area contributed by atoms with Crippen LogP contribution in [0.4, 0.5) is 0 Å². The predicted octanol–water partition coefficient (Wildman–Crippen LogP) is 4.30. The van der Waals surface area contributed by atoms with Gasteiger partial charge in [0.15, 0.2) is 0 Å². The number of carbonyl (C=O) groups excluding carboxylic acids is 1. The Morgan fingerprint density at radius 2 is 1.85 bits per heavy atom. The first-order valence-electron chi connectivity index (χ1n) is 9.99. The molecule has 26 heavy (non-hydrogen) atoms. The van der Waals surface area contributed by atoms with Gasteiger partial charge in [-0.25, -0.2) is 0 Å². The maximum absolute atomic E-state index is 13.0. The molecule has 4 rings (SSSR count). The van der Waals surface area contributed by atoms with Gasteiger partial charge in [-0.1, -0.05) is 48.8 Å². The SMILES string of the molecule is CN(C(=O)CC1=Cc2ccccc2C1)[C@@H]1CCCC[C@H]1N1CCCC1.Cl. The first-order valence-corrected chi connectivity index (χ1v) is 9.99. The molecule has 1 heterocycles. The van der Waals surface area contributed by atoms with Crippen LogP contribution in [-0.4, -0.2) is 47.9 Å². The number of fused-ring (bicyclic) bond motifs is 1. The van der Waals surface area contributed by atoms with Crippen molar-refractivity contribution in [1.29, 1.82) is 0 Å². The van der Waals surface area contributed by atoms with E-state index in [4.69, 9.17) is 0 Å². The van der Waals surface area contributed by atoms with Gasteiger partial charge in [-0.15, -0.1) is 12.4 Å². The van der Waals surface area contributed by atoms with E-state index in [0.29, 0.717) is 24.4 Å². The number of hydrogen-bond donors (Lipinski definition) is 0. The zero-order valence-electron chi connectivity index (χ0n) is 15.8. The number of rotatable bonds is 4. The molecule has 1 saturated carbocycles. The molecule has 2 atom stereocenters. The van der Waals surface area contributed by atoms with Crippen molar-refractivity contribution < 1.29 is 4.79 Å². The molecule has 2 aliphatic carbocycles. The molecule has 1 aliphatic heterocycles. The largest absolute Gasteiger partial charge is 0.341 e. The minimum atomic E-state index is 0. The third-order valence-electron chi connectivity index (χ3n) is 6.40. The van der Waals surface area contributed by atoms with Crippen LogP contribution in [0.25, 0.3) is 6.08 Å². The van der Waals surface area contributed by atoms with Gasteiger partial charge in [0, 0.05) is 25.6 Å². The van der Waals surface area contributed by atoms with E-state index in [9.17, 15) is 4.79 Å². The first kappa shape index (κ1) is 19.4. The van der Waals surface area contributed by atoms with Crippen LogP contribution in [-0.2, 0) is 11.2 Å². The molecule has 1 aromatic carbocycles. The van der Waals surface area contributed by atoms with Crippen LogP contribution < -0.4 is 0 Å². The maximum Gasteiger partial charge on any atom is 0.226 e. The smallest absolute Gasteiger partial charge is 0.226 e. The van der Waals surface area contributed by atoms with Gasteiger partial charge in [0.2, 0.25) is 5.91 Å². The fourth-order valence-corrected chi connectivity index (χ4v) is 5.01. The Bertz CT molecular complexity index is 666. The lowest BCUT2D eigenvalue weighted by molar-refractivity contribution is -0.133. The molecule has 0 bridgehead atoms. The third-order valence-corrected chi connectivity index (χ3v) is 6.40. The van der Waals surface area contributed by atoms with E-state index in [0.717, 1.165) is 6.42 Å². The minimum absolute atomic E-state index is 0. The summed E-state index contributed by atoms with van der Waals surface area (Å²) in [5, 5.41) is 0. The second-order valence-electron chi connectivity index (χ2n) is 8.02. The lowest BCUT2D eigenvalue weighted by Gasteiger charge is -2.42. The molecule has 1 saturated heterocycles. The third kappa shape index (κ3) is 3.99. The van der Waals surface area contributed by atoms with E-state index in [2.05, 4.69) is 40.1 Å². The Kier molecular flexibility index (Phi) is 6.42. The van der Waals surface area contributed by atoms with Gasteiger partial charge in [-0.05, 0) is 56.3 Å². The average molecular weight is 375 g/mol. The average Bonchev–Trinajstić information content (AvgIpc) is 3.30. The van der Waals surface area contributed by atoms with E-state index in [1.54, 1.807) is 0 Å². The molecule has 3 aliphatic rings. The monoisotopic (exact) mass is 374 g/mol. The fourth-order valence-electron chi connectivity index (χ4n) is 5.01. The van der Waals surface area contributed by atoms with Crippen molar-refractivity contribution in [3.63, 3.8) is 0 Å². The normalized spacial score (nSPS) is 25.3. The van der Waals surface area contributed by atoms with Gasteiger partial charge >= 0.3 is 0 Å². The summed E-state index contributed by atoms with van der Waals surface area (Å²) in [6.07, 6.45) is 11.4. The van der Waals surface area contributed by atoms with Crippen LogP contribution in [0.5, 0.6) is 0 Å². The number of likely N-dealkylation sites (N-methyl/N-ethyl adjacent to an activating group) is 1. The lowest BCUT2D eigenvalue weighted by Crippen LogP contribution is -2.53. The highest BCUT2D eigenvalue weighted by atomic mass is 35.5. The van der Waals surface area contributed by atoms with Gasteiger partial charge in [-0.2, -0.15) is 0 Å². The Morgan fingerprint density at radius 1 is 1.12 bits per heavy atom. The molecular weight excluding hydrogens is 344 g/mol. The van der Waals surface area contributed by atoms with E-state index in [-0.39, 0.29) is 12.4 Å². The number of halogens is 1. The van der Waals surface area contributed by atoms with Crippen molar-refractivity contribution >= 4 is 24.4 Å². The van der Waals surface area contributed by atoms with Crippen molar-refractivity contribution in [1.82, 2.24) is 9.80 Å². The van der Waals surface area contributed by atoms with E-state index >= 15 is 0 Å². The molecule has 3 nitrogen and oxygen atoms in total. The van der Waals surface area contributed by atoms with Crippen LogP contribution >= 0.6 is 12.4 Å². The number of likely N-dealkylation sites (tertiary alicyclic amines) is 1. The zero-order valence-corrected chi connectivity index (χ0v) is 16.6. The highest BCUT2D eigenvalue weighted by molar-refractivity contribution is 5.85. The summed E-state index contributed by atoms with van der Waals surface area (Å²) < 4.78 is 0. The van der Waals surface area contributed by atoms with E-state index < -0.39 is 0 Å². The van der Waals surface area contributed by atoms with Crippen LogP contribution in [0.15, 0.2) is 29.8 Å². The van der Waals surface area contributed by atoms with Crippen molar-refractivity contribution in [2.45, 2.75) is 63.5 Å². The molecule has 1 amide bonds. The standard InChI is InChI=1S/C22H30N2O.ClH/c1-23(20-10-4-5-11-21(20)24-12-6-7-13-24)22(25)16-17-14-18-8-2-3-9-19(18)15-17;/h2-3,8-9,14,20-21H,4-7,10-13,15-16H2,1H3;1H/t20-,21-;/m1./s1. The molecular formula is C22H31ClN2O. The van der Waals surface area contributed by atoms with E-state index in [1.807, 2.05) is 7.05 Å². The first-order chi connectivity index (χ1) is 12.2. The Labute approximate surface area is 163 Å². The molecule has 142 valence electrons. The molecule has 0 spiro atoms. The van der Waals surface area contributed by atoms with Gasteiger partial charge < -0.3 is 4.90 Å². The van der Waals surface area contributed by atoms with Gasteiger partial charge in [0.25, 0.3) is 0 Å². The molecule has 1 aromatic rings. The number of amides is 1. The van der Waals surface area contributed by atoms with Gasteiger partial charge in [0.1, 0.15) is 0 Å². The fraction of sp³-hybridized carbons (Fsp3) is 0.591. The summed E-state index contributed by atoms with van der Waals surface area (Å²) >= 11 is 0.